The second-order valence-electron chi connectivity index (χ2n) is 8.98. The number of aliphatic hydroxyl groups is 1. The quantitative estimate of drug-likeness (QED) is 0.691. The van der Waals surface area contributed by atoms with Gasteiger partial charge < -0.3 is 9.84 Å². The van der Waals surface area contributed by atoms with Crippen LogP contribution in [0.5, 0.6) is 5.75 Å². The van der Waals surface area contributed by atoms with Crippen LogP contribution in [0, 0.1) is 17.3 Å². The number of nitrogens with one attached hydrogen (secondary N) is 2. The van der Waals surface area contributed by atoms with E-state index in [1.807, 2.05) is 12.1 Å². The number of hydrogen-bond donors (Lipinski definition) is 3. The molecular formula is C21H28N2O4. The van der Waals surface area contributed by atoms with E-state index >= 15 is 0 Å². The number of carbonyl (C=O) groups excluding carboxylic acids is 2. The van der Waals surface area contributed by atoms with Crippen molar-refractivity contribution in [1.29, 1.82) is 0 Å². The average molecular weight is 372 g/mol. The standard InChI is InChI=1S/C21H28N2O4/c1-27-17-4-2-14(3-5-17)7-18(24)22-23-19(25)12-20-8-15-6-16(9-20)11-21(26,10-15)13-20/h2-5,15-16,26H,6-13H2,1H3,(H,22,24)(H,23,25). The fraction of sp³-hybridized carbons (Fsp3) is 0.619. The maximum absolute atomic E-state index is 12.4. The summed E-state index contributed by atoms with van der Waals surface area (Å²) >= 11 is 0. The highest BCUT2D eigenvalue weighted by Gasteiger charge is 2.57. The van der Waals surface area contributed by atoms with Gasteiger partial charge in [0.2, 0.25) is 11.8 Å². The second-order valence-corrected chi connectivity index (χ2v) is 8.98. The lowest BCUT2D eigenvalue weighted by Crippen LogP contribution is -2.57. The molecule has 1 aromatic rings. The highest BCUT2D eigenvalue weighted by atomic mass is 16.5. The van der Waals surface area contributed by atoms with Crippen molar-refractivity contribution in [2.24, 2.45) is 17.3 Å². The topological polar surface area (TPSA) is 87.7 Å². The molecule has 0 aliphatic heterocycles. The van der Waals surface area contributed by atoms with Crippen LogP contribution in [0.1, 0.15) is 50.5 Å². The number of hydrazine groups is 1. The predicted molar refractivity (Wildman–Crippen MR) is 99.7 cm³/mol. The Bertz CT molecular complexity index is 716. The summed E-state index contributed by atoms with van der Waals surface area (Å²) in [6.45, 7) is 0. The van der Waals surface area contributed by atoms with Crippen LogP contribution >= 0.6 is 0 Å². The molecule has 0 saturated heterocycles. The molecule has 2 amide bonds. The van der Waals surface area contributed by atoms with E-state index in [1.165, 1.54) is 6.42 Å². The van der Waals surface area contributed by atoms with Gasteiger partial charge >= 0.3 is 0 Å². The van der Waals surface area contributed by atoms with E-state index in [-0.39, 0.29) is 23.7 Å². The molecule has 4 fully saturated rings. The lowest BCUT2D eigenvalue weighted by molar-refractivity contribution is -0.169. The summed E-state index contributed by atoms with van der Waals surface area (Å²) in [5.74, 6) is 1.42. The molecule has 4 aliphatic rings. The Morgan fingerprint density at radius 3 is 2.30 bits per heavy atom. The number of ether oxygens (including phenoxy) is 1. The van der Waals surface area contributed by atoms with E-state index in [4.69, 9.17) is 4.74 Å². The molecule has 2 atom stereocenters. The maximum atomic E-state index is 12.4. The van der Waals surface area contributed by atoms with Gasteiger partial charge in [-0.25, -0.2) is 0 Å². The molecule has 1 aromatic carbocycles. The van der Waals surface area contributed by atoms with Crippen LogP contribution in [0.15, 0.2) is 24.3 Å². The molecule has 0 aromatic heterocycles. The summed E-state index contributed by atoms with van der Waals surface area (Å²) in [5, 5.41) is 10.8. The van der Waals surface area contributed by atoms with E-state index in [9.17, 15) is 14.7 Å². The molecule has 2 unspecified atom stereocenters. The van der Waals surface area contributed by atoms with Crippen LogP contribution in [0.4, 0.5) is 0 Å². The minimum atomic E-state index is -0.567. The molecule has 6 nitrogen and oxygen atoms in total. The fourth-order valence-electron chi connectivity index (χ4n) is 6.11. The molecule has 3 N–H and O–H groups in total. The predicted octanol–water partition coefficient (Wildman–Crippen LogP) is 2.11. The van der Waals surface area contributed by atoms with Gasteiger partial charge in [-0.05, 0) is 73.5 Å². The zero-order valence-corrected chi connectivity index (χ0v) is 15.8. The van der Waals surface area contributed by atoms with Crippen LogP contribution in [-0.4, -0.2) is 29.6 Å². The number of carbonyl (C=O) groups is 2. The maximum Gasteiger partial charge on any atom is 0.242 e. The molecule has 5 rings (SSSR count). The van der Waals surface area contributed by atoms with Crippen molar-refractivity contribution < 1.29 is 19.4 Å². The summed E-state index contributed by atoms with van der Waals surface area (Å²) in [4.78, 5) is 24.5. The number of methoxy groups -OCH3 is 1. The molecule has 0 radical (unpaired) electrons. The van der Waals surface area contributed by atoms with Gasteiger partial charge in [-0.1, -0.05) is 12.1 Å². The van der Waals surface area contributed by atoms with Gasteiger partial charge in [-0.2, -0.15) is 0 Å². The van der Waals surface area contributed by atoms with Gasteiger partial charge in [0.05, 0.1) is 19.1 Å². The van der Waals surface area contributed by atoms with E-state index in [1.54, 1.807) is 19.2 Å². The van der Waals surface area contributed by atoms with Crippen molar-refractivity contribution in [3.05, 3.63) is 29.8 Å². The summed E-state index contributed by atoms with van der Waals surface area (Å²) < 4.78 is 5.10. The molecule has 6 heteroatoms. The third-order valence-electron chi connectivity index (χ3n) is 6.55. The molecule has 0 spiro atoms. The third-order valence-corrected chi connectivity index (χ3v) is 6.55. The average Bonchev–Trinajstić information content (AvgIpc) is 2.58. The molecular weight excluding hydrogens is 344 g/mol. The Kier molecular flexibility index (Phi) is 4.62. The fourth-order valence-corrected chi connectivity index (χ4v) is 6.11. The van der Waals surface area contributed by atoms with Crippen molar-refractivity contribution in [3.63, 3.8) is 0 Å². The van der Waals surface area contributed by atoms with Crippen molar-refractivity contribution in [2.75, 3.05) is 7.11 Å². The van der Waals surface area contributed by atoms with Gasteiger partial charge in [0.15, 0.2) is 0 Å². The monoisotopic (exact) mass is 372 g/mol. The first-order valence-electron chi connectivity index (χ1n) is 9.80. The first-order chi connectivity index (χ1) is 12.9. The molecule has 4 aliphatic carbocycles. The van der Waals surface area contributed by atoms with Crippen LogP contribution in [0.25, 0.3) is 0 Å². The Balaban J connectivity index is 1.28. The van der Waals surface area contributed by atoms with Gasteiger partial charge in [0, 0.05) is 6.42 Å². The summed E-state index contributed by atoms with van der Waals surface area (Å²) in [7, 11) is 1.60. The first-order valence-corrected chi connectivity index (χ1v) is 9.80. The second kappa shape index (κ2) is 6.82. The highest BCUT2D eigenvalue weighted by molar-refractivity contribution is 5.83. The Hall–Kier alpha value is -2.08. The first kappa shape index (κ1) is 18.3. The van der Waals surface area contributed by atoms with Crippen LogP contribution in [0.3, 0.4) is 0 Å². The van der Waals surface area contributed by atoms with Gasteiger partial charge in [0.25, 0.3) is 0 Å². The van der Waals surface area contributed by atoms with Crippen molar-refractivity contribution >= 4 is 11.8 Å². The smallest absolute Gasteiger partial charge is 0.242 e. The minimum absolute atomic E-state index is 0.0936. The van der Waals surface area contributed by atoms with Crippen LogP contribution < -0.4 is 15.6 Å². The lowest BCUT2D eigenvalue weighted by atomic mass is 9.47. The van der Waals surface area contributed by atoms with E-state index < -0.39 is 5.60 Å². The molecule has 4 saturated carbocycles. The minimum Gasteiger partial charge on any atom is -0.497 e. The number of amides is 2. The Morgan fingerprint density at radius 1 is 1.07 bits per heavy atom. The van der Waals surface area contributed by atoms with E-state index in [2.05, 4.69) is 10.9 Å². The highest BCUT2D eigenvalue weighted by Crippen LogP contribution is 2.62. The molecule has 4 bridgehead atoms. The third kappa shape index (κ3) is 3.95. The number of hydrogen-bond acceptors (Lipinski definition) is 4. The normalized spacial score (nSPS) is 33.6. The summed E-state index contributed by atoms with van der Waals surface area (Å²) in [6.07, 6.45) is 6.34. The van der Waals surface area contributed by atoms with Gasteiger partial charge in [-0.3, -0.25) is 20.4 Å². The van der Waals surface area contributed by atoms with Crippen LogP contribution in [0.2, 0.25) is 0 Å². The van der Waals surface area contributed by atoms with Crippen molar-refractivity contribution in [1.82, 2.24) is 10.9 Å². The van der Waals surface area contributed by atoms with Crippen molar-refractivity contribution in [2.45, 2.75) is 57.0 Å². The summed E-state index contributed by atoms with van der Waals surface area (Å²) in [6, 6.07) is 7.27. The van der Waals surface area contributed by atoms with Gasteiger partial charge in [-0.15, -0.1) is 0 Å². The Morgan fingerprint density at radius 2 is 1.70 bits per heavy atom. The van der Waals surface area contributed by atoms with Crippen molar-refractivity contribution in [3.8, 4) is 5.75 Å². The molecule has 0 heterocycles. The number of rotatable bonds is 5. The zero-order valence-electron chi connectivity index (χ0n) is 15.8. The lowest BCUT2D eigenvalue weighted by Gasteiger charge is -2.60. The molecule has 27 heavy (non-hydrogen) atoms. The van der Waals surface area contributed by atoms with E-state index in [0.29, 0.717) is 18.3 Å². The Labute approximate surface area is 159 Å². The largest absolute Gasteiger partial charge is 0.497 e. The molecule has 146 valence electrons. The number of benzene rings is 1. The zero-order chi connectivity index (χ0) is 19.1. The van der Waals surface area contributed by atoms with Crippen LogP contribution in [-0.2, 0) is 16.0 Å². The summed E-state index contributed by atoms with van der Waals surface area (Å²) in [5.41, 5.74) is 5.28. The SMILES string of the molecule is COc1ccc(CC(=O)NNC(=O)CC23CC4CC(CC(O)(C4)C2)C3)cc1. The van der Waals surface area contributed by atoms with E-state index in [0.717, 1.165) is 43.4 Å². The van der Waals surface area contributed by atoms with Gasteiger partial charge in [0.1, 0.15) is 5.75 Å².